The molecule has 0 bridgehead atoms. The number of carbonyl (C=O) groups is 1. The fourth-order valence-electron chi connectivity index (χ4n) is 3.83. The van der Waals surface area contributed by atoms with Crippen molar-refractivity contribution in [2.75, 3.05) is 11.6 Å². The number of rotatable bonds is 8. The van der Waals surface area contributed by atoms with E-state index in [0.29, 0.717) is 17.9 Å². The van der Waals surface area contributed by atoms with E-state index in [1.807, 2.05) is 0 Å². The third-order valence-corrected chi connectivity index (χ3v) is 7.02. The van der Waals surface area contributed by atoms with Gasteiger partial charge < -0.3 is 15.6 Å². The van der Waals surface area contributed by atoms with Crippen LogP contribution in [0.5, 0.6) is 0 Å². The molecule has 31 heavy (non-hydrogen) atoms. The lowest BCUT2D eigenvalue weighted by Crippen LogP contribution is -2.24. The Balaban J connectivity index is 1.84. The standard InChI is InChI=1S/C20H25ClN4O5S/c1-31(29,30)17-7-6-13(9-15(17)21)14(8-12-4-2-3-5-12)19(26)24-18-11-22-16(10-23-18)20(27)25-28/h6-7,9-12,14,20,25,27-28H,2-5,8H2,1H3,(H,23,24,26)/t14-,20+/m1/s1. The molecule has 168 valence electrons. The summed E-state index contributed by atoms with van der Waals surface area (Å²) in [5.74, 6) is -0.268. The summed E-state index contributed by atoms with van der Waals surface area (Å²) in [4.78, 5) is 21.2. The summed E-state index contributed by atoms with van der Waals surface area (Å²) in [5.41, 5.74) is 2.37. The van der Waals surface area contributed by atoms with E-state index in [1.54, 1.807) is 11.5 Å². The van der Waals surface area contributed by atoms with Crippen molar-refractivity contribution in [2.45, 2.75) is 49.1 Å². The molecule has 1 saturated carbocycles. The van der Waals surface area contributed by atoms with Crippen molar-refractivity contribution in [3.8, 4) is 0 Å². The largest absolute Gasteiger partial charge is 0.371 e. The number of hydrogen-bond acceptors (Lipinski definition) is 8. The van der Waals surface area contributed by atoms with Gasteiger partial charge in [-0.2, -0.15) is 5.48 Å². The number of aromatic nitrogens is 2. The summed E-state index contributed by atoms with van der Waals surface area (Å²) < 4.78 is 23.7. The second-order valence-electron chi connectivity index (χ2n) is 7.75. The highest BCUT2D eigenvalue weighted by atomic mass is 35.5. The average Bonchev–Trinajstić information content (AvgIpc) is 3.24. The molecule has 1 aliphatic carbocycles. The normalized spacial score (nSPS) is 16.8. The van der Waals surface area contributed by atoms with E-state index in [9.17, 15) is 18.3 Å². The van der Waals surface area contributed by atoms with Crippen LogP contribution in [0.4, 0.5) is 5.82 Å². The van der Waals surface area contributed by atoms with Crippen LogP contribution < -0.4 is 10.8 Å². The molecule has 2 atom stereocenters. The fourth-order valence-corrected chi connectivity index (χ4v) is 5.17. The van der Waals surface area contributed by atoms with Gasteiger partial charge in [0, 0.05) is 6.26 Å². The van der Waals surface area contributed by atoms with Crippen molar-refractivity contribution in [2.24, 2.45) is 5.92 Å². The number of sulfone groups is 1. The van der Waals surface area contributed by atoms with Crippen LogP contribution in [-0.2, 0) is 14.6 Å². The van der Waals surface area contributed by atoms with E-state index in [-0.39, 0.29) is 27.3 Å². The van der Waals surface area contributed by atoms with Gasteiger partial charge in [-0.05, 0) is 30.0 Å². The van der Waals surface area contributed by atoms with Gasteiger partial charge in [-0.25, -0.2) is 13.4 Å². The van der Waals surface area contributed by atoms with Crippen molar-refractivity contribution in [1.82, 2.24) is 15.4 Å². The smallest absolute Gasteiger partial charge is 0.233 e. The minimum atomic E-state index is -3.47. The number of anilines is 1. The van der Waals surface area contributed by atoms with E-state index in [4.69, 9.17) is 16.8 Å². The van der Waals surface area contributed by atoms with Crippen molar-refractivity contribution in [3.05, 3.63) is 46.9 Å². The summed E-state index contributed by atoms with van der Waals surface area (Å²) in [5, 5.41) is 21.0. The maximum atomic E-state index is 13.1. The first-order valence-corrected chi connectivity index (χ1v) is 12.2. The molecule has 9 nitrogen and oxygen atoms in total. The SMILES string of the molecule is CS(=O)(=O)c1ccc([C@@H](CC2CCCC2)C(=O)Nc2cnc([C@H](O)NO)cn2)cc1Cl. The highest BCUT2D eigenvalue weighted by Gasteiger charge is 2.28. The Morgan fingerprint density at radius 2 is 1.97 bits per heavy atom. The summed E-state index contributed by atoms with van der Waals surface area (Å²) in [6.07, 6.45) is 7.15. The lowest BCUT2D eigenvalue weighted by Gasteiger charge is -2.21. The number of aliphatic hydroxyl groups is 1. The van der Waals surface area contributed by atoms with Crippen LogP contribution in [0.15, 0.2) is 35.5 Å². The average molecular weight is 469 g/mol. The van der Waals surface area contributed by atoms with Crippen molar-refractivity contribution < 1.29 is 23.5 Å². The Morgan fingerprint density at radius 1 is 1.26 bits per heavy atom. The highest BCUT2D eigenvalue weighted by Crippen LogP contribution is 2.36. The lowest BCUT2D eigenvalue weighted by molar-refractivity contribution is -0.118. The first kappa shape index (κ1) is 23.6. The maximum Gasteiger partial charge on any atom is 0.233 e. The Kier molecular flexibility index (Phi) is 7.60. The number of benzene rings is 1. The van der Waals surface area contributed by atoms with Gasteiger partial charge in [0.15, 0.2) is 21.9 Å². The summed E-state index contributed by atoms with van der Waals surface area (Å²) >= 11 is 6.22. The molecular formula is C20H25ClN4O5S. The first-order chi connectivity index (χ1) is 14.7. The molecule has 0 unspecified atom stereocenters. The molecule has 1 heterocycles. The summed E-state index contributed by atoms with van der Waals surface area (Å²) in [7, 11) is -3.47. The van der Waals surface area contributed by atoms with E-state index in [1.165, 1.54) is 24.5 Å². The van der Waals surface area contributed by atoms with E-state index in [2.05, 4.69) is 15.3 Å². The van der Waals surface area contributed by atoms with Crippen LogP contribution in [0, 0.1) is 5.92 Å². The van der Waals surface area contributed by atoms with Gasteiger partial charge in [-0.3, -0.25) is 9.78 Å². The van der Waals surface area contributed by atoms with E-state index < -0.39 is 22.0 Å². The van der Waals surface area contributed by atoms with Crippen LogP contribution in [-0.4, -0.2) is 40.9 Å². The number of amides is 1. The molecule has 0 saturated heterocycles. The second kappa shape index (κ2) is 10.0. The zero-order chi connectivity index (χ0) is 22.6. The summed E-state index contributed by atoms with van der Waals surface area (Å²) in [6, 6.07) is 4.59. The van der Waals surface area contributed by atoms with Crippen LogP contribution in [0.25, 0.3) is 0 Å². The number of carbonyl (C=O) groups excluding carboxylic acids is 1. The molecule has 11 heteroatoms. The second-order valence-corrected chi connectivity index (χ2v) is 10.1. The minimum absolute atomic E-state index is 0.0236. The quantitative estimate of drug-likeness (QED) is 0.342. The highest BCUT2D eigenvalue weighted by molar-refractivity contribution is 7.90. The number of hydroxylamine groups is 1. The maximum absolute atomic E-state index is 13.1. The monoisotopic (exact) mass is 468 g/mol. The number of halogens is 1. The molecular weight excluding hydrogens is 444 g/mol. The van der Waals surface area contributed by atoms with Crippen LogP contribution in [0.3, 0.4) is 0 Å². The van der Waals surface area contributed by atoms with Gasteiger partial charge in [-0.15, -0.1) is 0 Å². The van der Waals surface area contributed by atoms with Gasteiger partial charge in [0.2, 0.25) is 5.91 Å². The molecule has 0 radical (unpaired) electrons. The molecule has 0 aliphatic heterocycles. The lowest BCUT2D eigenvalue weighted by atomic mass is 9.87. The molecule has 3 rings (SSSR count). The third-order valence-electron chi connectivity index (χ3n) is 5.44. The Hall–Kier alpha value is -2.11. The zero-order valence-electron chi connectivity index (χ0n) is 17.0. The Bertz CT molecular complexity index is 1030. The molecule has 1 fully saturated rings. The molecule has 1 aromatic carbocycles. The van der Waals surface area contributed by atoms with Crippen molar-refractivity contribution in [1.29, 1.82) is 0 Å². The molecule has 1 aliphatic rings. The molecule has 1 aromatic heterocycles. The molecule has 0 spiro atoms. The minimum Gasteiger partial charge on any atom is -0.371 e. The Labute approximate surface area is 185 Å². The molecule has 1 amide bonds. The number of hydrogen-bond donors (Lipinski definition) is 4. The zero-order valence-corrected chi connectivity index (χ0v) is 18.5. The fraction of sp³-hybridized carbons (Fsp3) is 0.450. The predicted molar refractivity (Wildman–Crippen MR) is 114 cm³/mol. The number of nitrogens with zero attached hydrogens (tertiary/aromatic N) is 2. The Morgan fingerprint density at radius 3 is 2.52 bits per heavy atom. The predicted octanol–water partition coefficient (Wildman–Crippen LogP) is 2.81. The number of aliphatic hydroxyl groups excluding tert-OH is 1. The molecule has 2 aromatic rings. The van der Waals surface area contributed by atoms with Crippen molar-refractivity contribution >= 4 is 33.2 Å². The van der Waals surface area contributed by atoms with Gasteiger partial charge in [-0.1, -0.05) is 43.4 Å². The van der Waals surface area contributed by atoms with Crippen LogP contribution in [0.1, 0.15) is 55.5 Å². The van der Waals surface area contributed by atoms with Gasteiger partial charge >= 0.3 is 0 Å². The first-order valence-electron chi connectivity index (χ1n) is 9.89. The van der Waals surface area contributed by atoms with Gasteiger partial charge in [0.1, 0.15) is 5.69 Å². The van der Waals surface area contributed by atoms with Crippen molar-refractivity contribution in [3.63, 3.8) is 0 Å². The summed E-state index contributed by atoms with van der Waals surface area (Å²) in [6.45, 7) is 0. The van der Waals surface area contributed by atoms with E-state index in [0.717, 1.165) is 31.9 Å². The van der Waals surface area contributed by atoms with Crippen LogP contribution >= 0.6 is 11.6 Å². The van der Waals surface area contributed by atoms with Gasteiger partial charge in [0.05, 0.1) is 28.2 Å². The third kappa shape index (κ3) is 5.98. The van der Waals surface area contributed by atoms with Gasteiger partial charge in [0.25, 0.3) is 0 Å². The topological polar surface area (TPSA) is 142 Å². The number of nitrogens with one attached hydrogen (secondary N) is 2. The molecule has 4 N–H and O–H groups in total. The van der Waals surface area contributed by atoms with E-state index >= 15 is 0 Å². The van der Waals surface area contributed by atoms with Crippen LogP contribution in [0.2, 0.25) is 5.02 Å².